The third-order valence-electron chi connectivity index (χ3n) is 5.86. The average Bonchev–Trinajstić information content (AvgIpc) is 3.25. The van der Waals surface area contributed by atoms with E-state index >= 15 is 0 Å². The number of aliphatic hydroxyl groups is 2. The van der Waals surface area contributed by atoms with Crippen LogP contribution in [-0.2, 0) is 6.54 Å². The first kappa shape index (κ1) is 28.5. The molecule has 0 saturated heterocycles. The molecule has 0 aliphatic heterocycles. The number of nitrogens with zero attached hydrogens (tertiary/aromatic N) is 2. The van der Waals surface area contributed by atoms with Gasteiger partial charge in [-0.2, -0.15) is 0 Å². The Bertz CT molecular complexity index is 1490. The fourth-order valence-electron chi connectivity index (χ4n) is 4.05. The zero-order chi connectivity index (χ0) is 27.4. The van der Waals surface area contributed by atoms with Crippen molar-refractivity contribution in [3.05, 3.63) is 92.0 Å². The Labute approximate surface area is 241 Å². The van der Waals surface area contributed by atoms with E-state index in [1.807, 2.05) is 18.2 Å². The highest BCUT2D eigenvalue weighted by Crippen LogP contribution is 2.38. The van der Waals surface area contributed by atoms with Crippen LogP contribution in [-0.4, -0.2) is 63.0 Å². The number of aliphatic hydroxyl groups excluding tert-OH is 2. The molecule has 3 aromatic carbocycles. The Morgan fingerprint density at radius 1 is 0.895 bits per heavy atom. The molecule has 1 heterocycles. The van der Waals surface area contributed by atoms with Crippen LogP contribution in [0.25, 0.3) is 10.9 Å². The highest BCUT2D eigenvalue weighted by molar-refractivity contribution is 9.10. The Balaban J connectivity index is 1.67. The van der Waals surface area contributed by atoms with Gasteiger partial charge in [0.2, 0.25) is 0 Å². The van der Waals surface area contributed by atoms with Gasteiger partial charge in [-0.15, -0.1) is 0 Å². The Morgan fingerprint density at radius 3 is 2.18 bits per heavy atom. The van der Waals surface area contributed by atoms with Gasteiger partial charge in [-0.05, 0) is 54.1 Å². The van der Waals surface area contributed by atoms with Crippen LogP contribution in [0.4, 0.5) is 0 Å². The number of carboxylic acid groups (broad SMARTS) is 1. The maximum atomic E-state index is 12.7. The summed E-state index contributed by atoms with van der Waals surface area (Å²) in [5.41, 5.74) is 2.08. The predicted molar refractivity (Wildman–Crippen MR) is 153 cm³/mol. The van der Waals surface area contributed by atoms with E-state index in [0.717, 1.165) is 30.7 Å². The van der Waals surface area contributed by atoms with Crippen molar-refractivity contribution in [2.75, 3.05) is 26.3 Å². The number of rotatable bonds is 10. The van der Waals surface area contributed by atoms with Crippen molar-refractivity contribution in [1.82, 2.24) is 9.47 Å². The van der Waals surface area contributed by atoms with Gasteiger partial charge in [0.25, 0.3) is 5.91 Å². The largest absolute Gasteiger partial charge is 0.477 e. The molecule has 0 aliphatic rings. The van der Waals surface area contributed by atoms with E-state index in [4.69, 9.17) is 23.2 Å². The summed E-state index contributed by atoms with van der Waals surface area (Å²) in [4.78, 5) is 28.0. The molecule has 11 heteroatoms. The molecule has 0 aliphatic carbocycles. The lowest BCUT2D eigenvalue weighted by molar-refractivity contribution is 0.0679. The van der Waals surface area contributed by atoms with Gasteiger partial charge in [0, 0.05) is 44.8 Å². The minimum Gasteiger partial charge on any atom is -0.477 e. The molecule has 7 nitrogen and oxygen atoms in total. The zero-order valence-electron chi connectivity index (χ0n) is 19.9. The number of aromatic carboxylic acids is 1. The molecule has 0 fully saturated rings. The van der Waals surface area contributed by atoms with Crippen molar-refractivity contribution >= 4 is 73.7 Å². The number of aromatic nitrogens is 1. The highest BCUT2D eigenvalue weighted by atomic mass is 79.9. The third-order valence-corrected chi connectivity index (χ3v) is 8.21. The van der Waals surface area contributed by atoms with Crippen LogP contribution < -0.4 is 0 Å². The van der Waals surface area contributed by atoms with Gasteiger partial charge >= 0.3 is 5.97 Å². The molecular weight excluding hydrogens is 615 g/mol. The van der Waals surface area contributed by atoms with Gasteiger partial charge in [0.15, 0.2) is 0 Å². The van der Waals surface area contributed by atoms with E-state index in [2.05, 4.69) is 15.9 Å². The topological polar surface area (TPSA) is 103 Å². The maximum absolute atomic E-state index is 12.7. The summed E-state index contributed by atoms with van der Waals surface area (Å²) in [6.45, 7) is 0.0997. The van der Waals surface area contributed by atoms with Gasteiger partial charge < -0.3 is 24.8 Å². The quantitative estimate of drug-likeness (QED) is 0.196. The normalized spacial score (nSPS) is 11.2. The van der Waals surface area contributed by atoms with E-state index in [9.17, 15) is 24.9 Å². The van der Waals surface area contributed by atoms with Crippen LogP contribution in [0.2, 0.25) is 10.0 Å². The fraction of sp³-hybridized carbons (Fsp3) is 0.185. The second-order valence-electron chi connectivity index (χ2n) is 8.37. The summed E-state index contributed by atoms with van der Waals surface area (Å²) in [5, 5.41) is 30.0. The summed E-state index contributed by atoms with van der Waals surface area (Å²) in [7, 11) is 0. The van der Waals surface area contributed by atoms with Gasteiger partial charge in [-0.1, -0.05) is 63.0 Å². The number of carbonyl (C=O) groups is 2. The molecule has 1 amide bonds. The van der Waals surface area contributed by atoms with Crippen molar-refractivity contribution in [2.24, 2.45) is 0 Å². The summed E-state index contributed by atoms with van der Waals surface area (Å²) in [6.07, 6.45) is 0. The molecule has 4 aromatic rings. The van der Waals surface area contributed by atoms with Gasteiger partial charge in [-0.3, -0.25) is 4.79 Å². The Kier molecular flexibility index (Phi) is 9.40. The minimum absolute atomic E-state index is 0.121. The Morgan fingerprint density at radius 2 is 1.58 bits per heavy atom. The molecule has 4 rings (SSSR count). The first-order valence-electron chi connectivity index (χ1n) is 11.5. The summed E-state index contributed by atoms with van der Waals surface area (Å²) < 4.78 is 2.48. The van der Waals surface area contributed by atoms with Crippen molar-refractivity contribution in [3.63, 3.8) is 0 Å². The van der Waals surface area contributed by atoms with E-state index < -0.39 is 5.97 Å². The maximum Gasteiger partial charge on any atom is 0.352 e. The van der Waals surface area contributed by atoms with Crippen LogP contribution in [0.5, 0.6) is 0 Å². The molecule has 198 valence electrons. The molecule has 1 aromatic heterocycles. The molecule has 0 unspecified atom stereocenters. The van der Waals surface area contributed by atoms with Crippen LogP contribution in [0.1, 0.15) is 26.4 Å². The number of carboxylic acids is 1. The number of amides is 1. The lowest BCUT2D eigenvalue weighted by atomic mass is 10.1. The number of halogens is 3. The highest BCUT2D eigenvalue weighted by Gasteiger charge is 2.19. The molecule has 0 radical (unpaired) electrons. The van der Waals surface area contributed by atoms with E-state index in [-0.39, 0.29) is 44.4 Å². The molecule has 0 atom stereocenters. The van der Waals surface area contributed by atoms with Gasteiger partial charge in [0.05, 0.1) is 28.8 Å². The number of hydrogen-bond acceptors (Lipinski definition) is 5. The first-order valence-corrected chi connectivity index (χ1v) is 13.9. The Hall–Kier alpha value is -2.53. The minimum atomic E-state index is -1.05. The van der Waals surface area contributed by atoms with Crippen LogP contribution in [0.15, 0.2) is 74.9 Å². The fourth-order valence-corrected chi connectivity index (χ4v) is 6.06. The van der Waals surface area contributed by atoms with Crippen LogP contribution in [0.3, 0.4) is 0 Å². The molecule has 3 N–H and O–H groups in total. The lowest BCUT2D eigenvalue weighted by Gasteiger charge is -2.20. The van der Waals surface area contributed by atoms with E-state index in [1.54, 1.807) is 47.0 Å². The molecular formula is C27H23BrCl2N2O5S. The predicted octanol–water partition coefficient (Wildman–Crippen LogP) is 6.04. The van der Waals surface area contributed by atoms with Crippen molar-refractivity contribution in [2.45, 2.75) is 16.3 Å². The van der Waals surface area contributed by atoms with Gasteiger partial charge in [0.1, 0.15) is 5.69 Å². The number of hydrogen-bond donors (Lipinski definition) is 3. The molecule has 0 saturated carbocycles. The van der Waals surface area contributed by atoms with E-state index in [0.29, 0.717) is 15.6 Å². The second kappa shape index (κ2) is 12.5. The van der Waals surface area contributed by atoms with Crippen LogP contribution in [0, 0.1) is 0 Å². The zero-order valence-corrected chi connectivity index (χ0v) is 23.8. The van der Waals surface area contributed by atoms with Gasteiger partial charge in [-0.25, -0.2) is 4.79 Å². The third kappa shape index (κ3) is 6.36. The molecule has 0 bridgehead atoms. The standard InChI is InChI=1S/C27H23BrCl2N2O5S/c28-21-11-19(38-18-5-6-22(29)23(30)12-18)13-24-20(21)14-25(27(36)37)32(24)15-16-1-3-17(4-2-16)26(35)31(7-9-33)8-10-34/h1-6,11-14,33-34H,7-10,15H2,(H,36,37). The lowest BCUT2D eigenvalue weighted by Crippen LogP contribution is -2.35. The smallest absolute Gasteiger partial charge is 0.352 e. The van der Waals surface area contributed by atoms with Crippen molar-refractivity contribution < 1.29 is 24.9 Å². The van der Waals surface area contributed by atoms with E-state index in [1.165, 1.54) is 16.7 Å². The summed E-state index contributed by atoms with van der Waals surface area (Å²) in [6, 6.07) is 17.7. The molecule has 0 spiro atoms. The number of carbonyl (C=O) groups excluding carboxylic acids is 1. The van der Waals surface area contributed by atoms with Crippen LogP contribution >= 0.6 is 50.9 Å². The van der Waals surface area contributed by atoms with Crippen molar-refractivity contribution in [1.29, 1.82) is 0 Å². The number of fused-ring (bicyclic) bond motifs is 1. The second-order valence-corrected chi connectivity index (χ2v) is 11.2. The van der Waals surface area contributed by atoms with Crippen molar-refractivity contribution in [3.8, 4) is 0 Å². The summed E-state index contributed by atoms with van der Waals surface area (Å²) >= 11 is 17.3. The monoisotopic (exact) mass is 636 g/mol. The molecule has 38 heavy (non-hydrogen) atoms. The summed E-state index contributed by atoms with van der Waals surface area (Å²) in [5.74, 6) is -1.35. The SMILES string of the molecule is O=C(O)c1cc2c(Br)cc(Sc3ccc(Cl)c(Cl)c3)cc2n1Cc1ccc(C(=O)N(CCO)CCO)cc1. The average molecular weight is 638 g/mol. The number of benzene rings is 3. The first-order chi connectivity index (χ1) is 18.2.